The lowest BCUT2D eigenvalue weighted by Crippen LogP contribution is -2.20. The molecule has 1 rings (SSSR count). The molecule has 0 bridgehead atoms. The first-order valence-electron chi connectivity index (χ1n) is 5.55. The van der Waals surface area contributed by atoms with Crippen LogP contribution >= 0.6 is 0 Å². The quantitative estimate of drug-likeness (QED) is 0.786. The average molecular weight is 209 g/mol. The molecule has 0 saturated heterocycles. The number of halogens is 1. The van der Waals surface area contributed by atoms with Crippen LogP contribution in [0.15, 0.2) is 18.2 Å². The molecule has 0 spiro atoms. The van der Waals surface area contributed by atoms with E-state index in [1.807, 2.05) is 20.0 Å². The van der Waals surface area contributed by atoms with Gasteiger partial charge in [0.2, 0.25) is 0 Å². The maximum atomic E-state index is 12.8. The van der Waals surface area contributed by atoms with Gasteiger partial charge in [-0.15, -0.1) is 0 Å². The standard InChI is InChI=1S/C13H20FN/c1-10-9-13(14)8-7-12(10)6-4-5-11(2)15-3/h7-9,11,15H,4-6H2,1-3H3. The lowest BCUT2D eigenvalue weighted by atomic mass is 10.0. The minimum Gasteiger partial charge on any atom is -0.317 e. The van der Waals surface area contributed by atoms with Crippen LogP contribution in [0.2, 0.25) is 0 Å². The Bertz CT molecular complexity index is 309. The van der Waals surface area contributed by atoms with Gasteiger partial charge < -0.3 is 5.32 Å². The summed E-state index contributed by atoms with van der Waals surface area (Å²) in [6, 6.07) is 5.61. The number of hydrogen-bond donors (Lipinski definition) is 1. The smallest absolute Gasteiger partial charge is 0.123 e. The van der Waals surface area contributed by atoms with E-state index in [4.69, 9.17) is 0 Å². The first-order chi connectivity index (χ1) is 7.13. The Labute approximate surface area is 91.7 Å². The summed E-state index contributed by atoms with van der Waals surface area (Å²) in [7, 11) is 1.98. The van der Waals surface area contributed by atoms with Crippen molar-refractivity contribution in [3.05, 3.63) is 35.1 Å². The van der Waals surface area contributed by atoms with Crippen molar-refractivity contribution >= 4 is 0 Å². The Morgan fingerprint density at radius 3 is 2.73 bits per heavy atom. The number of aryl methyl sites for hydroxylation is 2. The molecule has 0 aliphatic heterocycles. The Hall–Kier alpha value is -0.890. The Morgan fingerprint density at radius 2 is 2.13 bits per heavy atom. The van der Waals surface area contributed by atoms with Gasteiger partial charge in [-0.2, -0.15) is 0 Å². The van der Waals surface area contributed by atoms with Crippen molar-refractivity contribution in [2.45, 2.75) is 39.2 Å². The summed E-state index contributed by atoms with van der Waals surface area (Å²) in [6.45, 7) is 4.15. The van der Waals surface area contributed by atoms with Crippen LogP contribution < -0.4 is 5.32 Å². The number of nitrogens with one attached hydrogen (secondary N) is 1. The first-order valence-corrected chi connectivity index (χ1v) is 5.55. The molecule has 0 aliphatic carbocycles. The zero-order valence-corrected chi connectivity index (χ0v) is 9.81. The van der Waals surface area contributed by atoms with E-state index >= 15 is 0 Å². The van der Waals surface area contributed by atoms with Gasteiger partial charge in [-0.3, -0.25) is 0 Å². The molecule has 0 fully saturated rings. The SMILES string of the molecule is CNC(C)CCCc1ccc(F)cc1C. The van der Waals surface area contributed by atoms with E-state index < -0.39 is 0 Å². The van der Waals surface area contributed by atoms with Crippen molar-refractivity contribution < 1.29 is 4.39 Å². The molecule has 0 radical (unpaired) electrons. The molecule has 1 unspecified atom stereocenters. The highest BCUT2D eigenvalue weighted by Gasteiger charge is 2.02. The highest BCUT2D eigenvalue weighted by molar-refractivity contribution is 5.26. The molecule has 84 valence electrons. The maximum Gasteiger partial charge on any atom is 0.123 e. The van der Waals surface area contributed by atoms with Crippen molar-refractivity contribution in [3.8, 4) is 0 Å². The van der Waals surface area contributed by atoms with Gasteiger partial charge in [0.25, 0.3) is 0 Å². The largest absolute Gasteiger partial charge is 0.317 e. The highest BCUT2D eigenvalue weighted by atomic mass is 19.1. The fourth-order valence-corrected chi connectivity index (χ4v) is 1.68. The van der Waals surface area contributed by atoms with Gasteiger partial charge in [0, 0.05) is 6.04 Å². The second-order valence-electron chi connectivity index (χ2n) is 4.15. The molecule has 0 amide bonds. The number of rotatable bonds is 5. The summed E-state index contributed by atoms with van der Waals surface area (Å²) in [5, 5.41) is 3.21. The van der Waals surface area contributed by atoms with E-state index in [9.17, 15) is 4.39 Å². The highest BCUT2D eigenvalue weighted by Crippen LogP contribution is 2.13. The average Bonchev–Trinajstić information content (AvgIpc) is 2.21. The fraction of sp³-hybridized carbons (Fsp3) is 0.538. The van der Waals surface area contributed by atoms with E-state index in [1.165, 1.54) is 5.56 Å². The topological polar surface area (TPSA) is 12.0 Å². The number of hydrogen-bond acceptors (Lipinski definition) is 1. The molecule has 15 heavy (non-hydrogen) atoms. The summed E-state index contributed by atoms with van der Waals surface area (Å²) >= 11 is 0. The van der Waals surface area contributed by atoms with E-state index in [0.29, 0.717) is 6.04 Å². The van der Waals surface area contributed by atoms with Crippen LogP contribution in [-0.4, -0.2) is 13.1 Å². The Morgan fingerprint density at radius 1 is 1.40 bits per heavy atom. The van der Waals surface area contributed by atoms with Gasteiger partial charge >= 0.3 is 0 Å². The van der Waals surface area contributed by atoms with Gasteiger partial charge in [-0.1, -0.05) is 6.07 Å². The van der Waals surface area contributed by atoms with E-state index in [-0.39, 0.29) is 5.82 Å². The molecular weight excluding hydrogens is 189 g/mol. The predicted molar refractivity (Wildman–Crippen MR) is 62.6 cm³/mol. The molecule has 1 nitrogen and oxygen atoms in total. The molecule has 1 atom stereocenters. The molecular formula is C13H20FN. The second-order valence-corrected chi connectivity index (χ2v) is 4.15. The summed E-state index contributed by atoms with van der Waals surface area (Å²) < 4.78 is 12.8. The molecule has 0 aromatic heterocycles. The van der Waals surface area contributed by atoms with E-state index in [0.717, 1.165) is 24.8 Å². The third kappa shape index (κ3) is 4.00. The van der Waals surface area contributed by atoms with Crippen LogP contribution in [0.25, 0.3) is 0 Å². The van der Waals surface area contributed by atoms with Gasteiger partial charge in [-0.25, -0.2) is 4.39 Å². The molecule has 1 aromatic carbocycles. The minimum absolute atomic E-state index is 0.139. The van der Waals surface area contributed by atoms with Crippen LogP contribution in [-0.2, 0) is 6.42 Å². The van der Waals surface area contributed by atoms with Gasteiger partial charge in [0.05, 0.1) is 0 Å². The Balaban J connectivity index is 2.44. The van der Waals surface area contributed by atoms with Gasteiger partial charge in [0.15, 0.2) is 0 Å². The summed E-state index contributed by atoms with van der Waals surface area (Å²) in [5.41, 5.74) is 2.33. The minimum atomic E-state index is -0.139. The molecule has 0 heterocycles. The van der Waals surface area contributed by atoms with E-state index in [1.54, 1.807) is 12.1 Å². The molecule has 2 heteroatoms. The zero-order chi connectivity index (χ0) is 11.3. The lowest BCUT2D eigenvalue weighted by molar-refractivity contribution is 0.541. The summed E-state index contributed by atoms with van der Waals surface area (Å²) in [4.78, 5) is 0. The summed E-state index contributed by atoms with van der Waals surface area (Å²) in [5.74, 6) is -0.139. The maximum absolute atomic E-state index is 12.8. The van der Waals surface area contributed by atoms with Crippen LogP contribution in [0.3, 0.4) is 0 Å². The first kappa shape index (κ1) is 12.2. The Kier molecular flexibility index (Phi) is 4.76. The van der Waals surface area contributed by atoms with Crippen LogP contribution in [0.5, 0.6) is 0 Å². The normalized spacial score (nSPS) is 12.8. The van der Waals surface area contributed by atoms with Crippen molar-refractivity contribution in [2.24, 2.45) is 0 Å². The molecule has 0 aliphatic rings. The third-order valence-corrected chi connectivity index (χ3v) is 2.88. The van der Waals surface area contributed by atoms with Crippen molar-refractivity contribution in [1.82, 2.24) is 5.32 Å². The molecule has 1 N–H and O–H groups in total. The lowest BCUT2D eigenvalue weighted by Gasteiger charge is -2.10. The number of benzene rings is 1. The third-order valence-electron chi connectivity index (χ3n) is 2.88. The van der Waals surface area contributed by atoms with Crippen LogP contribution in [0.1, 0.15) is 30.9 Å². The molecule has 0 saturated carbocycles. The van der Waals surface area contributed by atoms with Crippen molar-refractivity contribution in [1.29, 1.82) is 0 Å². The fourth-order valence-electron chi connectivity index (χ4n) is 1.68. The van der Waals surface area contributed by atoms with Gasteiger partial charge in [0.1, 0.15) is 5.82 Å². The van der Waals surface area contributed by atoms with Crippen molar-refractivity contribution in [3.63, 3.8) is 0 Å². The monoisotopic (exact) mass is 209 g/mol. The molecule has 1 aromatic rings. The van der Waals surface area contributed by atoms with Crippen LogP contribution in [0.4, 0.5) is 4.39 Å². The predicted octanol–water partition coefficient (Wildman–Crippen LogP) is 3.06. The van der Waals surface area contributed by atoms with E-state index in [2.05, 4.69) is 12.2 Å². The van der Waals surface area contributed by atoms with Crippen molar-refractivity contribution in [2.75, 3.05) is 7.05 Å². The zero-order valence-electron chi connectivity index (χ0n) is 9.81. The van der Waals surface area contributed by atoms with Crippen LogP contribution in [0, 0.1) is 12.7 Å². The second kappa shape index (κ2) is 5.86. The van der Waals surface area contributed by atoms with Gasteiger partial charge in [-0.05, 0) is 63.4 Å². The summed E-state index contributed by atoms with van der Waals surface area (Å²) in [6.07, 6.45) is 3.35.